The molecule has 0 spiro atoms. The topological polar surface area (TPSA) is 77.3 Å². The Bertz CT molecular complexity index is 867. The van der Waals surface area contributed by atoms with Gasteiger partial charge in [-0.05, 0) is 44.4 Å². The number of hydrogen-bond donors (Lipinski definition) is 0. The molecule has 1 fully saturated rings. The summed E-state index contributed by atoms with van der Waals surface area (Å²) in [5, 5.41) is 0.161. The van der Waals surface area contributed by atoms with Crippen LogP contribution < -0.4 is 0 Å². The Morgan fingerprint density at radius 1 is 1.24 bits per heavy atom. The monoisotopic (exact) mass is 420 g/mol. The summed E-state index contributed by atoms with van der Waals surface area (Å²) in [5.74, 6) is 0.0485. The number of pyridine rings is 1. The van der Waals surface area contributed by atoms with Crippen LogP contribution in [0.3, 0.4) is 0 Å². The summed E-state index contributed by atoms with van der Waals surface area (Å²) in [4.78, 5) is 11.2. The quantitative estimate of drug-likeness (QED) is 0.588. The molecule has 7 nitrogen and oxygen atoms in total. The van der Waals surface area contributed by atoms with Crippen molar-refractivity contribution in [3.63, 3.8) is 0 Å². The number of aromatic nitrogens is 3. The van der Waals surface area contributed by atoms with Crippen LogP contribution in [0.1, 0.15) is 44.0 Å². The zero-order valence-corrected chi connectivity index (χ0v) is 18.3. The van der Waals surface area contributed by atoms with Crippen LogP contribution in [-0.2, 0) is 34.1 Å². The van der Waals surface area contributed by atoms with Gasteiger partial charge < -0.3 is 9.30 Å². The van der Waals surface area contributed by atoms with E-state index in [-0.39, 0.29) is 10.9 Å². The number of hydrogen-bond acceptors (Lipinski definition) is 6. The van der Waals surface area contributed by atoms with Crippen molar-refractivity contribution < 1.29 is 13.2 Å². The lowest BCUT2D eigenvalue weighted by Gasteiger charge is -2.36. The Kier molecular flexibility index (Phi) is 7.80. The van der Waals surface area contributed by atoms with Crippen molar-refractivity contribution in [3.8, 4) is 0 Å². The van der Waals surface area contributed by atoms with Crippen molar-refractivity contribution in [2.45, 2.75) is 63.3 Å². The fourth-order valence-corrected chi connectivity index (χ4v) is 5.00. The average molecular weight is 421 g/mol. The number of ether oxygens (including phenoxy) is 1. The number of sulfone groups is 1. The Balaban J connectivity index is 1.75. The first-order valence-corrected chi connectivity index (χ1v) is 12.1. The van der Waals surface area contributed by atoms with Gasteiger partial charge >= 0.3 is 0 Å². The molecule has 0 unspecified atom stereocenters. The van der Waals surface area contributed by atoms with Crippen LogP contribution >= 0.6 is 0 Å². The number of imidazole rings is 1. The summed E-state index contributed by atoms with van der Waals surface area (Å²) in [6.07, 6.45) is 9.16. The van der Waals surface area contributed by atoms with Gasteiger partial charge in [0.15, 0.2) is 0 Å². The minimum absolute atomic E-state index is 0.0485. The number of piperidine rings is 1. The van der Waals surface area contributed by atoms with Crippen LogP contribution in [0.15, 0.2) is 35.7 Å². The lowest BCUT2D eigenvalue weighted by atomic mass is 9.97. The number of methoxy groups -OCH3 is 1. The summed E-state index contributed by atoms with van der Waals surface area (Å²) in [5.41, 5.74) is 2.07. The molecule has 8 heteroatoms. The molecule has 29 heavy (non-hydrogen) atoms. The van der Waals surface area contributed by atoms with Crippen molar-refractivity contribution in [1.29, 1.82) is 0 Å². The summed E-state index contributed by atoms with van der Waals surface area (Å²) in [7, 11) is -1.74. The standard InChI is InChI=1S/C21H32N4O3S/c1-3-29(26,27)21-23-16-20(25(21)14-15-28-2)17-24-13-7-5-9-19(24)11-10-18-8-4-6-12-22-18/h4,6,8,12,16,19H,3,5,7,9-11,13-15,17H2,1-2H3/t19-/m0/s1. The summed E-state index contributed by atoms with van der Waals surface area (Å²) in [6, 6.07) is 6.53. The van der Waals surface area contributed by atoms with E-state index in [1.165, 1.54) is 19.3 Å². The third kappa shape index (κ3) is 5.65. The van der Waals surface area contributed by atoms with E-state index in [0.717, 1.165) is 30.8 Å². The zero-order chi connectivity index (χ0) is 20.7. The molecule has 3 rings (SSSR count). The van der Waals surface area contributed by atoms with Crippen molar-refractivity contribution in [2.24, 2.45) is 0 Å². The molecule has 0 aliphatic carbocycles. The molecule has 3 heterocycles. The van der Waals surface area contributed by atoms with Crippen molar-refractivity contribution in [3.05, 3.63) is 42.0 Å². The maximum absolute atomic E-state index is 12.5. The van der Waals surface area contributed by atoms with Crippen LogP contribution in [0.2, 0.25) is 0 Å². The smallest absolute Gasteiger partial charge is 0.227 e. The van der Waals surface area contributed by atoms with Gasteiger partial charge in [0.1, 0.15) is 0 Å². The molecule has 2 aromatic heterocycles. The highest BCUT2D eigenvalue weighted by molar-refractivity contribution is 7.91. The van der Waals surface area contributed by atoms with E-state index in [9.17, 15) is 8.42 Å². The van der Waals surface area contributed by atoms with E-state index in [4.69, 9.17) is 4.74 Å². The minimum atomic E-state index is -3.37. The fourth-order valence-electron chi connectivity index (χ4n) is 3.98. The van der Waals surface area contributed by atoms with Crippen molar-refractivity contribution in [1.82, 2.24) is 19.4 Å². The number of aryl methyl sites for hydroxylation is 1. The molecule has 1 aliphatic heterocycles. The Hall–Kier alpha value is -1.77. The SMILES string of the molecule is CCS(=O)(=O)c1ncc(CN2CCCC[C@H]2CCc2ccccn2)n1CCOC. The van der Waals surface area contributed by atoms with Crippen LogP contribution in [0.5, 0.6) is 0 Å². The summed E-state index contributed by atoms with van der Waals surface area (Å²) < 4.78 is 32.0. The van der Waals surface area contributed by atoms with Crippen LogP contribution in [0.25, 0.3) is 0 Å². The molecular weight excluding hydrogens is 388 g/mol. The number of rotatable bonds is 10. The largest absolute Gasteiger partial charge is 0.383 e. The third-order valence-electron chi connectivity index (χ3n) is 5.65. The van der Waals surface area contributed by atoms with Crippen molar-refractivity contribution in [2.75, 3.05) is 26.0 Å². The molecule has 0 aromatic carbocycles. The second-order valence-corrected chi connectivity index (χ2v) is 9.73. The summed E-state index contributed by atoms with van der Waals surface area (Å²) >= 11 is 0. The predicted octanol–water partition coefficient (Wildman–Crippen LogP) is 2.71. The van der Waals surface area contributed by atoms with Gasteiger partial charge in [-0.3, -0.25) is 9.88 Å². The second kappa shape index (κ2) is 10.3. The Labute approximate surface area is 174 Å². The normalized spacial score (nSPS) is 18.2. The molecule has 0 radical (unpaired) electrons. The van der Waals surface area contributed by atoms with Gasteiger partial charge in [-0.1, -0.05) is 19.4 Å². The maximum atomic E-state index is 12.5. The Morgan fingerprint density at radius 3 is 2.83 bits per heavy atom. The molecule has 0 bridgehead atoms. The van der Waals surface area contributed by atoms with E-state index in [1.807, 2.05) is 22.9 Å². The number of nitrogens with zero attached hydrogens (tertiary/aromatic N) is 4. The van der Waals surface area contributed by atoms with Gasteiger partial charge in [0.05, 0.1) is 24.3 Å². The van der Waals surface area contributed by atoms with Crippen LogP contribution in [-0.4, -0.2) is 59.9 Å². The molecule has 0 amide bonds. The molecule has 1 atom stereocenters. The molecule has 0 saturated carbocycles. The first-order valence-electron chi connectivity index (χ1n) is 10.4. The Morgan fingerprint density at radius 2 is 2.10 bits per heavy atom. The van der Waals surface area contributed by atoms with E-state index >= 15 is 0 Å². The first-order chi connectivity index (χ1) is 14.0. The zero-order valence-electron chi connectivity index (χ0n) is 17.5. The minimum Gasteiger partial charge on any atom is -0.383 e. The highest BCUT2D eigenvalue weighted by atomic mass is 32.2. The van der Waals surface area contributed by atoms with Gasteiger partial charge in [-0.2, -0.15) is 0 Å². The average Bonchev–Trinajstić information content (AvgIpc) is 3.15. The van der Waals surface area contributed by atoms with Gasteiger partial charge in [0.25, 0.3) is 0 Å². The second-order valence-electron chi connectivity index (χ2n) is 7.56. The van der Waals surface area contributed by atoms with Gasteiger partial charge in [0, 0.05) is 38.1 Å². The van der Waals surface area contributed by atoms with Crippen LogP contribution in [0.4, 0.5) is 0 Å². The molecule has 2 aromatic rings. The van der Waals surface area contributed by atoms with Crippen molar-refractivity contribution >= 4 is 9.84 Å². The number of likely N-dealkylation sites (tertiary alicyclic amines) is 1. The summed E-state index contributed by atoms with van der Waals surface area (Å²) in [6.45, 7) is 4.34. The molecule has 1 saturated heterocycles. The van der Waals surface area contributed by atoms with E-state index in [2.05, 4.69) is 20.9 Å². The molecule has 0 N–H and O–H groups in total. The fraction of sp³-hybridized carbons (Fsp3) is 0.619. The van der Waals surface area contributed by atoms with Gasteiger partial charge in [-0.15, -0.1) is 0 Å². The van der Waals surface area contributed by atoms with E-state index in [0.29, 0.717) is 25.7 Å². The molecule has 160 valence electrons. The van der Waals surface area contributed by atoms with E-state index < -0.39 is 9.84 Å². The van der Waals surface area contributed by atoms with Gasteiger partial charge in [0.2, 0.25) is 15.0 Å². The third-order valence-corrected chi connectivity index (χ3v) is 7.30. The lowest BCUT2D eigenvalue weighted by Crippen LogP contribution is -2.39. The van der Waals surface area contributed by atoms with Gasteiger partial charge in [-0.25, -0.2) is 13.4 Å². The lowest BCUT2D eigenvalue weighted by molar-refractivity contribution is 0.126. The molecule has 1 aliphatic rings. The first kappa shape index (κ1) is 21.9. The highest BCUT2D eigenvalue weighted by Crippen LogP contribution is 2.24. The maximum Gasteiger partial charge on any atom is 0.227 e. The highest BCUT2D eigenvalue weighted by Gasteiger charge is 2.26. The predicted molar refractivity (Wildman–Crippen MR) is 112 cm³/mol. The van der Waals surface area contributed by atoms with E-state index in [1.54, 1.807) is 20.2 Å². The van der Waals surface area contributed by atoms with Crippen LogP contribution in [0, 0.1) is 0 Å². The molecular formula is C21H32N4O3S.